The van der Waals surface area contributed by atoms with Crippen LogP contribution in [0, 0.1) is 5.92 Å². The Bertz CT molecular complexity index is 614. The molecule has 2 atom stereocenters. The van der Waals surface area contributed by atoms with Gasteiger partial charge in [0.2, 0.25) is 0 Å². The van der Waals surface area contributed by atoms with Gasteiger partial charge in [0.1, 0.15) is 0 Å². The van der Waals surface area contributed by atoms with Gasteiger partial charge in [-0.25, -0.2) is 5.01 Å². The Labute approximate surface area is 127 Å². The molecule has 110 valence electrons. The van der Waals surface area contributed by atoms with Crippen LogP contribution in [0.15, 0.2) is 42.5 Å². The first kappa shape index (κ1) is 13.1. The summed E-state index contributed by atoms with van der Waals surface area (Å²) in [6.45, 7) is 1.18. The molecule has 2 aromatic rings. The van der Waals surface area contributed by atoms with Crippen LogP contribution in [0.25, 0.3) is 10.8 Å². The molecule has 0 aromatic heterocycles. The minimum atomic E-state index is 0.742. The van der Waals surface area contributed by atoms with Crippen LogP contribution in [0.5, 0.6) is 0 Å². The number of rotatable bonds is 2. The third-order valence-electron chi connectivity index (χ3n) is 5.30. The summed E-state index contributed by atoms with van der Waals surface area (Å²) in [5.74, 6) is 0.912. The second-order valence-electron chi connectivity index (χ2n) is 6.59. The number of anilines is 1. The molecule has 2 aliphatic rings. The molecule has 2 heteroatoms. The van der Waals surface area contributed by atoms with E-state index in [1.54, 1.807) is 0 Å². The number of fused-ring (bicyclic) bond motifs is 2. The molecule has 0 radical (unpaired) electrons. The van der Waals surface area contributed by atoms with Crippen molar-refractivity contribution in [2.45, 2.75) is 44.6 Å². The largest absolute Gasteiger partial charge is 0.318 e. The fraction of sp³-hybridized carbons (Fsp3) is 0.474. The first-order valence-electron chi connectivity index (χ1n) is 8.43. The van der Waals surface area contributed by atoms with E-state index >= 15 is 0 Å². The molecule has 1 N–H and O–H groups in total. The summed E-state index contributed by atoms with van der Waals surface area (Å²) < 4.78 is 0. The average molecular weight is 280 g/mol. The Hall–Kier alpha value is -1.54. The van der Waals surface area contributed by atoms with E-state index in [0.29, 0.717) is 0 Å². The van der Waals surface area contributed by atoms with Crippen LogP contribution >= 0.6 is 0 Å². The quantitative estimate of drug-likeness (QED) is 0.848. The highest BCUT2D eigenvalue weighted by Gasteiger charge is 2.33. The van der Waals surface area contributed by atoms with Crippen molar-refractivity contribution in [3.05, 3.63) is 42.5 Å². The van der Waals surface area contributed by atoms with Gasteiger partial charge < -0.3 is 5.43 Å². The van der Waals surface area contributed by atoms with Crippen LogP contribution in [0.2, 0.25) is 0 Å². The van der Waals surface area contributed by atoms with Gasteiger partial charge in [0.05, 0.1) is 5.69 Å². The van der Waals surface area contributed by atoms with E-state index in [2.05, 4.69) is 52.9 Å². The Morgan fingerprint density at radius 3 is 2.67 bits per heavy atom. The summed E-state index contributed by atoms with van der Waals surface area (Å²) in [4.78, 5) is 0. The highest BCUT2D eigenvalue weighted by atomic mass is 15.5. The number of hydrogen-bond donors (Lipinski definition) is 1. The zero-order chi connectivity index (χ0) is 14.1. The second-order valence-corrected chi connectivity index (χ2v) is 6.59. The van der Waals surface area contributed by atoms with Gasteiger partial charge in [-0.05, 0) is 43.1 Å². The summed E-state index contributed by atoms with van der Waals surface area (Å²) in [6, 6.07) is 16.0. The molecule has 2 nitrogen and oxygen atoms in total. The third-order valence-corrected chi connectivity index (χ3v) is 5.30. The van der Waals surface area contributed by atoms with Crippen molar-refractivity contribution in [1.29, 1.82) is 0 Å². The Morgan fingerprint density at radius 2 is 1.67 bits per heavy atom. The molecule has 0 bridgehead atoms. The van der Waals surface area contributed by atoms with E-state index < -0.39 is 0 Å². The van der Waals surface area contributed by atoms with E-state index in [0.717, 1.165) is 12.0 Å². The fourth-order valence-electron chi connectivity index (χ4n) is 4.24. The Balaban J connectivity index is 1.61. The minimum Gasteiger partial charge on any atom is -0.318 e. The SMILES string of the molecule is c1ccc2c(NN3CCC[C@@H]4CCCC[C@H]43)cccc2c1. The lowest BCUT2D eigenvalue weighted by molar-refractivity contribution is 0.0829. The smallest absolute Gasteiger partial charge is 0.0568 e. The van der Waals surface area contributed by atoms with Crippen LogP contribution in [0.4, 0.5) is 5.69 Å². The number of piperidine rings is 1. The molecule has 1 aliphatic heterocycles. The van der Waals surface area contributed by atoms with Crippen molar-refractivity contribution < 1.29 is 0 Å². The lowest BCUT2D eigenvalue weighted by atomic mass is 9.79. The minimum absolute atomic E-state index is 0.742. The normalized spacial score (nSPS) is 26.5. The van der Waals surface area contributed by atoms with Crippen molar-refractivity contribution in [3.63, 3.8) is 0 Å². The molecule has 1 aliphatic carbocycles. The zero-order valence-corrected chi connectivity index (χ0v) is 12.6. The van der Waals surface area contributed by atoms with Crippen molar-refractivity contribution in [2.75, 3.05) is 12.0 Å². The molecule has 0 amide bonds. The molecule has 2 aromatic carbocycles. The van der Waals surface area contributed by atoms with Gasteiger partial charge in [0.15, 0.2) is 0 Å². The van der Waals surface area contributed by atoms with Crippen molar-refractivity contribution in [1.82, 2.24) is 5.01 Å². The summed E-state index contributed by atoms with van der Waals surface area (Å²) >= 11 is 0. The van der Waals surface area contributed by atoms with Gasteiger partial charge in [-0.15, -0.1) is 0 Å². The predicted octanol–water partition coefficient (Wildman–Crippen LogP) is 4.82. The van der Waals surface area contributed by atoms with Crippen molar-refractivity contribution in [3.8, 4) is 0 Å². The number of nitrogens with zero attached hydrogens (tertiary/aromatic N) is 1. The molecular formula is C19H24N2. The van der Waals surface area contributed by atoms with E-state index in [4.69, 9.17) is 0 Å². The number of hydrazine groups is 1. The van der Waals surface area contributed by atoms with Gasteiger partial charge in [-0.3, -0.25) is 0 Å². The first-order chi connectivity index (χ1) is 10.4. The molecule has 0 spiro atoms. The number of hydrogen-bond acceptors (Lipinski definition) is 2. The van der Waals surface area contributed by atoms with Crippen molar-refractivity contribution in [2.24, 2.45) is 5.92 Å². The van der Waals surface area contributed by atoms with Gasteiger partial charge in [-0.1, -0.05) is 49.2 Å². The van der Waals surface area contributed by atoms with E-state index in [9.17, 15) is 0 Å². The summed E-state index contributed by atoms with van der Waals surface area (Å²) in [7, 11) is 0. The topological polar surface area (TPSA) is 15.3 Å². The maximum atomic E-state index is 3.76. The van der Waals surface area contributed by atoms with Crippen LogP contribution in [-0.2, 0) is 0 Å². The van der Waals surface area contributed by atoms with Crippen molar-refractivity contribution >= 4 is 16.5 Å². The van der Waals surface area contributed by atoms with E-state index in [1.165, 1.54) is 61.5 Å². The molecule has 4 rings (SSSR count). The highest BCUT2D eigenvalue weighted by molar-refractivity contribution is 5.93. The standard InChI is InChI=1S/C19H24N2/c1-3-11-17-15(7-1)9-5-12-18(17)20-21-14-6-10-16-8-2-4-13-19(16)21/h1,3,5,7,9,11-12,16,19-20H,2,4,6,8,10,13-14H2/t16-,19+/m0/s1. The molecular weight excluding hydrogens is 256 g/mol. The number of nitrogens with one attached hydrogen (secondary N) is 1. The molecule has 1 heterocycles. The van der Waals surface area contributed by atoms with Gasteiger partial charge in [0.25, 0.3) is 0 Å². The predicted molar refractivity (Wildman–Crippen MR) is 89.3 cm³/mol. The molecule has 0 unspecified atom stereocenters. The lowest BCUT2D eigenvalue weighted by Gasteiger charge is -2.44. The Kier molecular flexibility index (Phi) is 3.56. The first-order valence-corrected chi connectivity index (χ1v) is 8.43. The monoisotopic (exact) mass is 280 g/mol. The van der Waals surface area contributed by atoms with Gasteiger partial charge >= 0.3 is 0 Å². The fourth-order valence-corrected chi connectivity index (χ4v) is 4.24. The summed E-state index contributed by atoms with van der Waals surface area (Å²) in [5, 5.41) is 5.19. The van der Waals surface area contributed by atoms with Gasteiger partial charge in [0, 0.05) is 18.0 Å². The molecule has 1 saturated heterocycles. The molecule has 21 heavy (non-hydrogen) atoms. The maximum absolute atomic E-state index is 3.76. The maximum Gasteiger partial charge on any atom is 0.0568 e. The van der Waals surface area contributed by atoms with E-state index in [1.807, 2.05) is 0 Å². The average Bonchev–Trinajstić information content (AvgIpc) is 2.56. The molecule has 1 saturated carbocycles. The van der Waals surface area contributed by atoms with E-state index in [-0.39, 0.29) is 0 Å². The summed E-state index contributed by atoms with van der Waals surface area (Å²) in [5.41, 5.74) is 5.02. The third kappa shape index (κ3) is 2.53. The van der Waals surface area contributed by atoms with Crippen LogP contribution in [-0.4, -0.2) is 17.6 Å². The van der Waals surface area contributed by atoms with Crippen LogP contribution in [0.1, 0.15) is 38.5 Å². The highest BCUT2D eigenvalue weighted by Crippen LogP contribution is 2.36. The zero-order valence-electron chi connectivity index (χ0n) is 12.6. The Morgan fingerprint density at radius 1 is 0.857 bits per heavy atom. The second kappa shape index (κ2) is 5.69. The van der Waals surface area contributed by atoms with Gasteiger partial charge in [-0.2, -0.15) is 0 Å². The number of benzene rings is 2. The lowest BCUT2D eigenvalue weighted by Crippen LogP contribution is -2.49. The summed E-state index contributed by atoms with van der Waals surface area (Å²) in [6.07, 6.45) is 8.39. The van der Waals surface area contributed by atoms with Crippen LogP contribution < -0.4 is 5.43 Å². The van der Waals surface area contributed by atoms with Crippen LogP contribution in [0.3, 0.4) is 0 Å². The molecule has 2 fully saturated rings.